The van der Waals surface area contributed by atoms with Gasteiger partial charge in [0.2, 0.25) is 6.29 Å². The number of allylic oxidation sites excluding steroid dienone is 3. The number of hydrogen-bond donors (Lipinski definition) is 4. The Balaban J connectivity index is 1.77. The molecule has 0 bridgehead atoms. The van der Waals surface area contributed by atoms with E-state index in [0.717, 1.165) is 12.0 Å². The van der Waals surface area contributed by atoms with Crippen molar-refractivity contribution >= 4 is 11.9 Å². The molecule has 30 heavy (non-hydrogen) atoms. The Kier molecular flexibility index (Phi) is 7.10. The summed E-state index contributed by atoms with van der Waals surface area (Å²) in [5, 5.41) is 39.1. The topological polar surface area (TPSA) is 143 Å². The molecule has 0 unspecified atom stereocenters. The molecular formula is C21H28O9. The van der Waals surface area contributed by atoms with Crippen molar-refractivity contribution in [1.82, 2.24) is 0 Å². The summed E-state index contributed by atoms with van der Waals surface area (Å²) in [5.41, 5.74) is 1.73. The van der Waals surface area contributed by atoms with Crippen LogP contribution in [0.3, 0.4) is 0 Å². The fraction of sp³-hybridized carbons (Fsp3) is 0.619. The molecule has 7 atom stereocenters. The maximum atomic E-state index is 12.8. The lowest BCUT2D eigenvalue weighted by Gasteiger charge is -2.39. The number of fused-ring (bicyclic) bond motifs is 1. The molecule has 0 radical (unpaired) electrons. The molecule has 0 saturated carbocycles. The van der Waals surface area contributed by atoms with E-state index >= 15 is 0 Å². The van der Waals surface area contributed by atoms with Gasteiger partial charge in [-0.3, -0.25) is 0 Å². The zero-order valence-electron chi connectivity index (χ0n) is 16.8. The molecule has 0 amide bonds. The van der Waals surface area contributed by atoms with E-state index < -0.39 is 55.4 Å². The van der Waals surface area contributed by atoms with Crippen molar-refractivity contribution in [3.8, 4) is 0 Å². The molecule has 2 heterocycles. The van der Waals surface area contributed by atoms with Crippen molar-refractivity contribution in [3.05, 3.63) is 35.5 Å². The Bertz CT molecular complexity index is 754. The van der Waals surface area contributed by atoms with Crippen LogP contribution in [0.5, 0.6) is 0 Å². The third kappa shape index (κ3) is 4.65. The molecule has 9 nitrogen and oxygen atoms in total. The van der Waals surface area contributed by atoms with E-state index in [-0.39, 0.29) is 17.9 Å². The highest BCUT2D eigenvalue weighted by atomic mass is 16.7. The number of ether oxygens (including phenoxy) is 3. The second-order valence-electron chi connectivity index (χ2n) is 7.94. The van der Waals surface area contributed by atoms with Gasteiger partial charge in [-0.1, -0.05) is 24.3 Å². The Hall–Kier alpha value is -2.04. The van der Waals surface area contributed by atoms with Crippen LogP contribution in [0.1, 0.15) is 32.6 Å². The number of hydrogen-bond acceptors (Lipinski definition) is 9. The quantitative estimate of drug-likeness (QED) is 0.277. The molecular weight excluding hydrogens is 396 g/mol. The van der Waals surface area contributed by atoms with Gasteiger partial charge in [0, 0.05) is 23.5 Å². The molecule has 0 spiro atoms. The number of aliphatic hydroxyl groups excluding tert-OH is 4. The minimum Gasteiger partial charge on any atom is -0.458 e. The molecule has 0 aromatic carbocycles. The van der Waals surface area contributed by atoms with Crippen LogP contribution >= 0.6 is 0 Å². The maximum absolute atomic E-state index is 12.8. The molecule has 9 heteroatoms. The summed E-state index contributed by atoms with van der Waals surface area (Å²) < 4.78 is 15.9. The van der Waals surface area contributed by atoms with E-state index in [1.54, 1.807) is 6.08 Å². The number of esters is 2. The SMILES string of the molecule is C=C1C(=O)O[C@@H]2C/C(C(=O)O[C@@H]3O[C@H](CO)[C@H](O)[C@H](O)[C@H]3O)=C\CC/C(C)=C/C[C@@H]12. The van der Waals surface area contributed by atoms with Crippen LogP contribution < -0.4 is 0 Å². The highest BCUT2D eigenvalue weighted by Gasteiger charge is 2.46. The van der Waals surface area contributed by atoms with Gasteiger partial charge in [-0.25, -0.2) is 9.59 Å². The van der Waals surface area contributed by atoms with Gasteiger partial charge < -0.3 is 34.6 Å². The molecule has 3 aliphatic rings. The number of carbonyl (C=O) groups excluding carboxylic acids is 2. The van der Waals surface area contributed by atoms with Gasteiger partial charge in [0.25, 0.3) is 0 Å². The van der Waals surface area contributed by atoms with E-state index in [4.69, 9.17) is 14.2 Å². The van der Waals surface area contributed by atoms with Crippen molar-refractivity contribution in [3.63, 3.8) is 0 Å². The summed E-state index contributed by atoms with van der Waals surface area (Å²) in [6, 6.07) is 0. The average Bonchev–Trinajstić information content (AvgIpc) is 2.98. The van der Waals surface area contributed by atoms with Gasteiger partial charge in [-0.05, 0) is 26.2 Å². The molecule has 2 saturated heterocycles. The standard InChI is InChI=1S/C21H28O9/c1-10-4-3-5-12(8-14-13(7-6-10)11(2)19(26)28-14)20(27)30-21-18(25)17(24)16(23)15(9-22)29-21/h5-6,13-18,21-25H,2-4,7-9H2,1H3/b10-6+,12-5+/t13-,14+,15+,16-,17-,18+,21-/m0/s1. The minimum absolute atomic E-state index is 0.110. The van der Waals surface area contributed by atoms with Crippen LogP contribution in [-0.4, -0.2) is 75.8 Å². The van der Waals surface area contributed by atoms with E-state index in [1.165, 1.54) is 0 Å². The predicted octanol–water partition coefficient (Wildman–Crippen LogP) is -0.126. The lowest BCUT2D eigenvalue weighted by Crippen LogP contribution is -2.59. The van der Waals surface area contributed by atoms with E-state index in [1.807, 2.05) is 6.92 Å². The van der Waals surface area contributed by atoms with Gasteiger partial charge >= 0.3 is 11.9 Å². The molecule has 1 aliphatic carbocycles. The summed E-state index contributed by atoms with van der Waals surface area (Å²) in [6.45, 7) is 5.15. The lowest BCUT2D eigenvalue weighted by molar-refractivity contribution is -0.291. The van der Waals surface area contributed by atoms with Crippen LogP contribution in [0.25, 0.3) is 0 Å². The fourth-order valence-corrected chi connectivity index (χ4v) is 3.87. The summed E-state index contributed by atoms with van der Waals surface area (Å²) in [6.07, 6.45) is -2.49. The smallest absolute Gasteiger partial charge is 0.336 e. The van der Waals surface area contributed by atoms with Gasteiger partial charge in [0.05, 0.1) is 6.61 Å². The first kappa shape index (κ1) is 22.6. The van der Waals surface area contributed by atoms with Crippen molar-refractivity contribution in [2.45, 2.75) is 69.4 Å². The molecule has 2 fully saturated rings. The summed E-state index contributed by atoms with van der Waals surface area (Å²) in [4.78, 5) is 24.8. The summed E-state index contributed by atoms with van der Waals surface area (Å²) in [5.74, 6) is -1.54. The van der Waals surface area contributed by atoms with Crippen LogP contribution in [0.15, 0.2) is 35.5 Å². The van der Waals surface area contributed by atoms with Crippen molar-refractivity contribution in [2.75, 3.05) is 6.61 Å². The highest BCUT2D eigenvalue weighted by Crippen LogP contribution is 2.35. The third-order valence-electron chi connectivity index (χ3n) is 5.82. The molecule has 3 rings (SSSR count). The highest BCUT2D eigenvalue weighted by molar-refractivity contribution is 5.92. The van der Waals surface area contributed by atoms with Gasteiger partial charge in [-0.15, -0.1) is 0 Å². The minimum atomic E-state index is -1.69. The zero-order valence-corrected chi connectivity index (χ0v) is 16.8. The van der Waals surface area contributed by atoms with Crippen molar-refractivity contribution < 1.29 is 44.2 Å². The molecule has 4 N–H and O–H groups in total. The van der Waals surface area contributed by atoms with Crippen LogP contribution in [0.2, 0.25) is 0 Å². The first-order valence-electron chi connectivity index (χ1n) is 9.98. The zero-order chi connectivity index (χ0) is 22.0. The summed E-state index contributed by atoms with van der Waals surface area (Å²) >= 11 is 0. The first-order chi connectivity index (χ1) is 14.2. The maximum Gasteiger partial charge on any atom is 0.336 e. The third-order valence-corrected chi connectivity index (χ3v) is 5.82. The predicted molar refractivity (Wildman–Crippen MR) is 103 cm³/mol. The fourth-order valence-electron chi connectivity index (χ4n) is 3.87. The molecule has 166 valence electrons. The average molecular weight is 424 g/mol. The van der Waals surface area contributed by atoms with Crippen LogP contribution in [0, 0.1) is 5.92 Å². The monoisotopic (exact) mass is 424 g/mol. The van der Waals surface area contributed by atoms with E-state index in [0.29, 0.717) is 18.4 Å². The van der Waals surface area contributed by atoms with E-state index in [2.05, 4.69) is 12.7 Å². The number of rotatable bonds is 3. The Morgan fingerprint density at radius 2 is 1.97 bits per heavy atom. The molecule has 0 aromatic rings. The Morgan fingerprint density at radius 1 is 1.23 bits per heavy atom. The Labute approximate surface area is 174 Å². The van der Waals surface area contributed by atoms with Crippen LogP contribution in [-0.2, 0) is 23.8 Å². The van der Waals surface area contributed by atoms with Crippen molar-refractivity contribution in [2.24, 2.45) is 5.92 Å². The van der Waals surface area contributed by atoms with Crippen molar-refractivity contribution in [1.29, 1.82) is 0 Å². The Morgan fingerprint density at radius 3 is 2.67 bits per heavy atom. The van der Waals surface area contributed by atoms with Crippen LogP contribution in [0.4, 0.5) is 0 Å². The molecule has 2 aliphatic heterocycles. The second kappa shape index (κ2) is 9.40. The number of aliphatic hydroxyl groups is 4. The normalized spacial score (nSPS) is 41.0. The molecule has 0 aromatic heterocycles. The largest absolute Gasteiger partial charge is 0.458 e. The van der Waals surface area contributed by atoms with Gasteiger partial charge in [0.15, 0.2) is 0 Å². The first-order valence-corrected chi connectivity index (χ1v) is 9.98. The van der Waals surface area contributed by atoms with E-state index in [9.17, 15) is 30.0 Å². The summed E-state index contributed by atoms with van der Waals surface area (Å²) in [7, 11) is 0. The second-order valence-corrected chi connectivity index (χ2v) is 7.94. The lowest BCUT2D eigenvalue weighted by atomic mass is 9.87. The number of carbonyl (C=O) groups is 2. The van der Waals surface area contributed by atoms with Gasteiger partial charge in [0.1, 0.15) is 30.5 Å². The van der Waals surface area contributed by atoms with Gasteiger partial charge in [-0.2, -0.15) is 0 Å².